The third-order valence-corrected chi connectivity index (χ3v) is 4.62. The topological polar surface area (TPSA) is 52.9 Å². The molecule has 1 N–H and O–H groups in total. The zero-order valence-electron chi connectivity index (χ0n) is 13.4. The summed E-state index contributed by atoms with van der Waals surface area (Å²) in [7, 11) is 0. The lowest BCUT2D eigenvalue weighted by molar-refractivity contribution is -0.120. The van der Waals surface area contributed by atoms with Crippen LogP contribution in [0.3, 0.4) is 0 Å². The van der Waals surface area contributed by atoms with Crippen molar-refractivity contribution in [3.05, 3.63) is 64.7 Å². The van der Waals surface area contributed by atoms with Gasteiger partial charge < -0.3 is 5.32 Å². The van der Waals surface area contributed by atoms with Crippen LogP contribution in [-0.4, -0.2) is 11.7 Å². The number of rotatable bonds is 6. The quantitative estimate of drug-likeness (QED) is 0.818. The fourth-order valence-corrected chi connectivity index (χ4v) is 3.05. The van der Waals surface area contributed by atoms with Crippen LogP contribution in [0.5, 0.6) is 0 Å². The number of nitrogens with zero attached hydrogens (tertiary/aromatic N) is 1. The molecule has 0 bridgehead atoms. The number of carbonyl (C=O) groups excluding carboxylic acids is 1. The van der Waals surface area contributed by atoms with Gasteiger partial charge in [0.05, 0.1) is 11.6 Å². The molecule has 0 aliphatic heterocycles. The summed E-state index contributed by atoms with van der Waals surface area (Å²) in [6.45, 7) is 4.66. The van der Waals surface area contributed by atoms with Crippen LogP contribution in [0.25, 0.3) is 0 Å². The van der Waals surface area contributed by atoms with Crippen molar-refractivity contribution in [1.82, 2.24) is 5.32 Å². The molecule has 2 aromatic rings. The first-order chi connectivity index (χ1) is 11.1. The molecule has 4 heteroatoms. The minimum Gasteiger partial charge on any atom is -0.352 e. The number of carbonyl (C=O) groups is 1. The van der Waals surface area contributed by atoms with E-state index in [2.05, 4.69) is 43.4 Å². The highest BCUT2D eigenvalue weighted by Crippen LogP contribution is 2.21. The molecule has 0 aliphatic carbocycles. The number of amides is 1. The fourth-order valence-electron chi connectivity index (χ4n) is 2.11. The van der Waals surface area contributed by atoms with E-state index >= 15 is 0 Å². The first-order valence-corrected chi connectivity index (χ1v) is 8.53. The second kappa shape index (κ2) is 8.40. The average molecular weight is 324 g/mol. The molecule has 0 radical (unpaired) electrons. The summed E-state index contributed by atoms with van der Waals surface area (Å²) in [5.41, 5.74) is 4.12. The maximum absolute atomic E-state index is 11.9. The summed E-state index contributed by atoms with van der Waals surface area (Å²) < 4.78 is 0. The van der Waals surface area contributed by atoms with Crippen LogP contribution < -0.4 is 5.32 Å². The van der Waals surface area contributed by atoms with Crippen molar-refractivity contribution in [2.24, 2.45) is 0 Å². The Morgan fingerprint density at radius 1 is 1.17 bits per heavy atom. The summed E-state index contributed by atoms with van der Waals surface area (Å²) in [5, 5.41) is 11.8. The number of hydrogen-bond acceptors (Lipinski definition) is 3. The number of aryl methyl sites for hydroxylation is 2. The van der Waals surface area contributed by atoms with Crippen LogP contribution >= 0.6 is 11.8 Å². The first-order valence-electron chi connectivity index (χ1n) is 7.54. The Balaban J connectivity index is 1.74. The van der Waals surface area contributed by atoms with E-state index in [0.29, 0.717) is 18.5 Å². The molecule has 23 heavy (non-hydrogen) atoms. The standard InChI is InChI=1S/C19H20N2OS/c1-14-6-7-18(10-15(14)2)23-9-8-19(22)21-13-17-5-3-4-16(11-17)12-20/h3-7,10-11H,8-9,13H2,1-2H3,(H,21,22). The molecule has 3 nitrogen and oxygen atoms in total. The van der Waals surface area contributed by atoms with Crippen LogP contribution in [0, 0.1) is 25.2 Å². The Hall–Kier alpha value is -2.25. The summed E-state index contributed by atoms with van der Waals surface area (Å²) in [4.78, 5) is 13.1. The van der Waals surface area contributed by atoms with Crippen LogP contribution in [0.15, 0.2) is 47.4 Å². The van der Waals surface area contributed by atoms with Gasteiger partial charge >= 0.3 is 0 Å². The lowest BCUT2D eigenvalue weighted by Crippen LogP contribution is -2.23. The van der Waals surface area contributed by atoms with E-state index in [1.165, 1.54) is 16.0 Å². The van der Waals surface area contributed by atoms with Crippen LogP contribution in [0.1, 0.15) is 28.7 Å². The van der Waals surface area contributed by atoms with Crippen molar-refractivity contribution >= 4 is 17.7 Å². The maximum atomic E-state index is 11.9. The van der Waals surface area contributed by atoms with Crippen molar-refractivity contribution in [2.75, 3.05) is 5.75 Å². The molecular formula is C19H20N2OS. The lowest BCUT2D eigenvalue weighted by Gasteiger charge is -2.07. The Labute approximate surface area is 141 Å². The summed E-state index contributed by atoms with van der Waals surface area (Å²) in [6.07, 6.45) is 0.482. The molecule has 2 aromatic carbocycles. The van der Waals surface area contributed by atoms with Gasteiger partial charge in [-0.2, -0.15) is 5.26 Å². The van der Waals surface area contributed by atoms with Crippen molar-refractivity contribution in [1.29, 1.82) is 5.26 Å². The highest BCUT2D eigenvalue weighted by atomic mass is 32.2. The van der Waals surface area contributed by atoms with Gasteiger partial charge in [0.1, 0.15) is 0 Å². The summed E-state index contributed by atoms with van der Waals surface area (Å²) in [6, 6.07) is 15.8. The summed E-state index contributed by atoms with van der Waals surface area (Å²) in [5.74, 6) is 0.788. The zero-order chi connectivity index (χ0) is 16.7. The third-order valence-electron chi connectivity index (χ3n) is 3.62. The van der Waals surface area contributed by atoms with Crippen molar-refractivity contribution in [3.8, 4) is 6.07 Å². The number of nitrogens with one attached hydrogen (secondary N) is 1. The average Bonchev–Trinajstić information content (AvgIpc) is 2.56. The molecular weight excluding hydrogens is 304 g/mol. The van der Waals surface area contributed by atoms with Crippen molar-refractivity contribution < 1.29 is 4.79 Å². The lowest BCUT2D eigenvalue weighted by atomic mass is 10.1. The van der Waals surface area contributed by atoms with E-state index < -0.39 is 0 Å². The van der Waals surface area contributed by atoms with Gasteiger partial charge in [-0.25, -0.2) is 0 Å². The van der Waals surface area contributed by atoms with E-state index in [1.54, 1.807) is 23.9 Å². The normalized spacial score (nSPS) is 10.1. The van der Waals surface area contributed by atoms with Gasteiger partial charge in [0.15, 0.2) is 0 Å². The van der Waals surface area contributed by atoms with Gasteiger partial charge in [-0.3, -0.25) is 4.79 Å². The van der Waals surface area contributed by atoms with E-state index in [-0.39, 0.29) is 5.91 Å². The van der Waals surface area contributed by atoms with Crippen LogP contribution in [-0.2, 0) is 11.3 Å². The molecule has 0 spiro atoms. The van der Waals surface area contributed by atoms with E-state index in [4.69, 9.17) is 5.26 Å². The van der Waals surface area contributed by atoms with Gasteiger partial charge in [-0.15, -0.1) is 11.8 Å². The van der Waals surface area contributed by atoms with Gasteiger partial charge in [-0.1, -0.05) is 18.2 Å². The molecule has 0 saturated carbocycles. The maximum Gasteiger partial charge on any atom is 0.221 e. The molecule has 0 atom stereocenters. The van der Waals surface area contributed by atoms with E-state index in [1.807, 2.05) is 12.1 Å². The molecule has 0 heterocycles. The second-order valence-corrected chi connectivity index (χ2v) is 6.60. The van der Waals surface area contributed by atoms with Gasteiger partial charge in [-0.05, 0) is 54.8 Å². The largest absolute Gasteiger partial charge is 0.352 e. The molecule has 0 aliphatic rings. The van der Waals surface area contributed by atoms with Gasteiger partial charge in [0.25, 0.3) is 0 Å². The number of benzene rings is 2. The Bertz CT molecular complexity index is 734. The minimum atomic E-state index is 0.0312. The third kappa shape index (κ3) is 5.46. The van der Waals surface area contributed by atoms with E-state index in [0.717, 1.165) is 11.3 Å². The summed E-state index contributed by atoms with van der Waals surface area (Å²) >= 11 is 1.70. The van der Waals surface area contributed by atoms with Crippen molar-refractivity contribution in [3.63, 3.8) is 0 Å². The molecule has 0 aromatic heterocycles. The molecule has 0 saturated heterocycles. The molecule has 2 rings (SSSR count). The first kappa shape index (κ1) is 17.1. The van der Waals surface area contributed by atoms with Gasteiger partial charge in [0.2, 0.25) is 5.91 Å². The fraction of sp³-hybridized carbons (Fsp3) is 0.263. The second-order valence-electron chi connectivity index (χ2n) is 5.43. The van der Waals surface area contributed by atoms with Gasteiger partial charge in [0, 0.05) is 23.6 Å². The molecule has 0 fully saturated rings. The number of thioether (sulfide) groups is 1. The Kier molecular flexibility index (Phi) is 6.25. The van der Waals surface area contributed by atoms with E-state index in [9.17, 15) is 4.79 Å². The monoisotopic (exact) mass is 324 g/mol. The molecule has 1 amide bonds. The highest BCUT2D eigenvalue weighted by molar-refractivity contribution is 7.99. The predicted octanol–water partition coefficient (Wildman–Crippen LogP) is 3.97. The molecule has 0 unspecified atom stereocenters. The minimum absolute atomic E-state index is 0.0312. The number of nitriles is 1. The highest BCUT2D eigenvalue weighted by Gasteiger charge is 2.03. The molecule has 118 valence electrons. The van der Waals surface area contributed by atoms with Crippen molar-refractivity contribution in [2.45, 2.75) is 31.7 Å². The van der Waals surface area contributed by atoms with Crippen LogP contribution in [0.4, 0.5) is 0 Å². The SMILES string of the molecule is Cc1ccc(SCCC(=O)NCc2cccc(C#N)c2)cc1C. The predicted molar refractivity (Wildman–Crippen MR) is 94.3 cm³/mol. The number of hydrogen-bond donors (Lipinski definition) is 1. The Morgan fingerprint density at radius 3 is 2.74 bits per heavy atom. The van der Waals surface area contributed by atoms with Crippen LogP contribution in [0.2, 0.25) is 0 Å². The smallest absolute Gasteiger partial charge is 0.221 e. The Morgan fingerprint density at radius 2 is 2.00 bits per heavy atom. The zero-order valence-corrected chi connectivity index (χ0v) is 14.2.